The van der Waals surface area contributed by atoms with Gasteiger partial charge in [0.15, 0.2) is 0 Å². The lowest BCUT2D eigenvalue weighted by molar-refractivity contribution is -0.116. The number of carbonyl (C=O) groups is 1. The third-order valence-corrected chi connectivity index (χ3v) is 4.03. The van der Waals surface area contributed by atoms with Crippen molar-refractivity contribution in [3.05, 3.63) is 71.5 Å². The minimum atomic E-state index is -0.101. The normalized spacial score (nSPS) is 11.0. The molecule has 6 heteroatoms. The number of rotatable bonds is 6. The lowest BCUT2D eigenvalue weighted by atomic mass is 10.2. The van der Waals surface area contributed by atoms with Crippen LogP contribution in [0.3, 0.4) is 0 Å². The highest BCUT2D eigenvalue weighted by molar-refractivity contribution is 7.12. The monoisotopic (exact) mass is 324 g/mol. The molecule has 5 nitrogen and oxygen atoms in total. The van der Waals surface area contributed by atoms with Crippen molar-refractivity contribution in [1.29, 1.82) is 0 Å². The number of amides is 1. The molecule has 0 aliphatic carbocycles. The number of nitrogens with one attached hydrogen (secondary N) is 1. The molecule has 3 aromatic rings. The second-order valence-corrected chi connectivity index (χ2v) is 5.69. The van der Waals surface area contributed by atoms with Crippen molar-refractivity contribution < 1.29 is 4.79 Å². The standard InChI is InChI=1S/C17H16N4OS/c22-16(8-7-14-5-2-1-3-6-14)18-11-9-15-13-23-17(20-15)21-12-4-10-19-21/h1-8,10,12-13H,9,11H2,(H,18,22)/b8-7+. The summed E-state index contributed by atoms with van der Waals surface area (Å²) in [6.45, 7) is 0.556. The Hall–Kier alpha value is -2.73. The minimum Gasteiger partial charge on any atom is -0.352 e. The van der Waals surface area contributed by atoms with E-state index in [4.69, 9.17) is 0 Å². The van der Waals surface area contributed by atoms with Crippen LogP contribution >= 0.6 is 11.3 Å². The van der Waals surface area contributed by atoms with E-state index in [2.05, 4.69) is 15.4 Å². The number of hydrogen-bond donors (Lipinski definition) is 1. The zero-order valence-corrected chi connectivity index (χ0v) is 13.2. The van der Waals surface area contributed by atoms with Crippen molar-refractivity contribution >= 4 is 23.3 Å². The molecular formula is C17H16N4OS. The third kappa shape index (κ3) is 4.37. The SMILES string of the molecule is O=C(/C=C/c1ccccc1)NCCc1csc(-n2cccn2)n1. The summed E-state index contributed by atoms with van der Waals surface area (Å²) >= 11 is 1.54. The highest BCUT2D eigenvalue weighted by Gasteiger charge is 2.04. The lowest BCUT2D eigenvalue weighted by Crippen LogP contribution is -2.23. The third-order valence-electron chi connectivity index (χ3n) is 3.15. The Balaban J connectivity index is 1.46. The predicted octanol–water partition coefficient (Wildman–Crippen LogP) is 2.70. The van der Waals surface area contributed by atoms with E-state index in [1.165, 1.54) is 11.3 Å². The van der Waals surface area contributed by atoms with Gasteiger partial charge in [-0.1, -0.05) is 30.3 Å². The van der Waals surface area contributed by atoms with E-state index < -0.39 is 0 Å². The average Bonchev–Trinajstić information content (AvgIpc) is 3.25. The fourth-order valence-corrected chi connectivity index (χ4v) is 2.81. The van der Waals surface area contributed by atoms with Crippen molar-refractivity contribution in [3.8, 4) is 5.13 Å². The molecule has 0 atom stereocenters. The van der Waals surface area contributed by atoms with Crippen molar-refractivity contribution in [3.63, 3.8) is 0 Å². The average molecular weight is 324 g/mol. The van der Waals surface area contributed by atoms with Gasteiger partial charge in [0.25, 0.3) is 0 Å². The highest BCUT2D eigenvalue weighted by atomic mass is 32.1. The molecule has 2 heterocycles. The number of thiazole rings is 1. The summed E-state index contributed by atoms with van der Waals surface area (Å²) in [5.74, 6) is -0.101. The summed E-state index contributed by atoms with van der Waals surface area (Å²) in [4.78, 5) is 16.3. The fraction of sp³-hybridized carbons (Fsp3) is 0.118. The topological polar surface area (TPSA) is 59.8 Å². The van der Waals surface area contributed by atoms with Gasteiger partial charge in [-0.2, -0.15) is 5.10 Å². The van der Waals surface area contributed by atoms with Crippen molar-refractivity contribution in [2.45, 2.75) is 6.42 Å². The molecule has 0 saturated carbocycles. The Labute approximate surface area is 138 Å². The van der Waals surface area contributed by atoms with Crippen LogP contribution in [0.15, 0.2) is 60.2 Å². The zero-order chi connectivity index (χ0) is 15.9. The van der Waals surface area contributed by atoms with E-state index >= 15 is 0 Å². The molecule has 0 fully saturated rings. The van der Waals surface area contributed by atoms with E-state index in [9.17, 15) is 4.79 Å². The molecule has 0 bridgehead atoms. The van der Waals surface area contributed by atoms with Crippen molar-refractivity contribution in [2.75, 3.05) is 6.54 Å². The molecule has 0 radical (unpaired) electrons. The van der Waals surface area contributed by atoms with Crippen molar-refractivity contribution in [1.82, 2.24) is 20.1 Å². The van der Waals surface area contributed by atoms with Crippen LogP contribution in [-0.2, 0) is 11.2 Å². The van der Waals surface area contributed by atoms with Crippen LogP contribution in [0.25, 0.3) is 11.2 Å². The van der Waals surface area contributed by atoms with Gasteiger partial charge >= 0.3 is 0 Å². The second-order valence-electron chi connectivity index (χ2n) is 4.86. The van der Waals surface area contributed by atoms with E-state index in [-0.39, 0.29) is 5.91 Å². The van der Waals surface area contributed by atoms with Gasteiger partial charge in [-0.15, -0.1) is 11.3 Å². The summed E-state index contributed by atoms with van der Waals surface area (Å²) in [6.07, 6.45) is 7.63. The van der Waals surface area contributed by atoms with Crippen LogP contribution in [0.5, 0.6) is 0 Å². The van der Waals surface area contributed by atoms with Gasteiger partial charge in [-0.3, -0.25) is 4.79 Å². The Morgan fingerprint density at radius 2 is 2.13 bits per heavy atom. The second kappa shape index (κ2) is 7.51. The Morgan fingerprint density at radius 1 is 1.26 bits per heavy atom. The summed E-state index contributed by atoms with van der Waals surface area (Å²) in [5, 5.41) is 9.83. The molecule has 1 N–H and O–H groups in total. The van der Waals surface area contributed by atoms with Crippen LogP contribution in [0, 0.1) is 0 Å². The molecule has 0 unspecified atom stereocenters. The maximum absolute atomic E-state index is 11.8. The summed E-state index contributed by atoms with van der Waals surface area (Å²) in [7, 11) is 0. The van der Waals surface area contributed by atoms with Gasteiger partial charge in [0.2, 0.25) is 11.0 Å². The largest absolute Gasteiger partial charge is 0.352 e. The molecule has 1 aromatic carbocycles. The number of carbonyl (C=O) groups excluding carboxylic acids is 1. The number of nitrogens with zero attached hydrogens (tertiary/aromatic N) is 3. The molecule has 0 spiro atoms. The number of hydrogen-bond acceptors (Lipinski definition) is 4. The first-order chi connectivity index (χ1) is 11.3. The summed E-state index contributed by atoms with van der Waals surface area (Å²) in [6, 6.07) is 11.6. The predicted molar refractivity (Wildman–Crippen MR) is 91.4 cm³/mol. The summed E-state index contributed by atoms with van der Waals surface area (Å²) < 4.78 is 1.73. The molecule has 0 aliphatic rings. The Bertz CT molecular complexity index is 778. The number of aromatic nitrogens is 3. The quantitative estimate of drug-likeness (QED) is 0.709. The van der Waals surface area contributed by atoms with Gasteiger partial charge in [-0.05, 0) is 17.7 Å². The Kier molecular flexibility index (Phi) is 4.95. The summed E-state index contributed by atoms with van der Waals surface area (Å²) in [5.41, 5.74) is 1.96. The van der Waals surface area contributed by atoms with E-state index in [0.717, 1.165) is 16.4 Å². The van der Waals surface area contributed by atoms with Gasteiger partial charge in [0.05, 0.1) is 5.69 Å². The van der Waals surface area contributed by atoms with Crippen LogP contribution < -0.4 is 5.32 Å². The van der Waals surface area contributed by atoms with E-state index in [1.54, 1.807) is 23.0 Å². The first-order valence-electron chi connectivity index (χ1n) is 7.26. The van der Waals surface area contributed by atoms with Gasteiger partial charge in [-0.25, -0.2) is 9.67 Å². The van der Waals surface area contributed by atoms with E-state index in [1.807, 2.05) is 48.0 Å². The maximum Gasteiger partial charge on any atom is 0.244 e. The lowest BCUT2D eigenvalue weighted by Gasteiger charge is -2.00. The molecule has 0 saturated heterocycles. The number of benzene rings is 1. The van der Waals surface area contributed by atoms with E-state index in [0.29, 0.717) is 13.0 Å². The van der Waals surface area contributed by atoms with Gasteiger partial charge < -0.3 is 5.32 Å². The molecular weight excluding hydrogens is 308 g/mol. The first kappa shape index (κ1) is 15.2. The molecule has 2 aromatic heterocycles. The first-order valence-corrected chi connectivity index (χ1v) is 8.14. The van der Waals surface area contributed by atoms with Gasteiger partial charge in [0, 0.05) is 36.8 Å². The van der Waals surface area contributed by atoms with Crippen LogP contribution in [0.1, 0.15) is 11.3 Å². The smallest absolute Gasteiger partial charge is 0.244 e. The molecule has 116 valence electrons. The van der Waals surface area contributed by atoms with Gasteiger partial charge in [0.1, 0.15) is 0 Å². The molecule has 0 aliphatic heterocycles. The van der Waals surface area contributed by atoms with Crippen LogP contribution in [0.4, 0.5) is 0 Å². The zero-order valence-electron chi connectivity index (χ0n) is 12.4. The fourth-order valence-electron chi connectivity index (χ4n) is 2.01. The maximum atomic E-state index is 11.8. The highest BCUT2D eigenvalue weighted by Crippen LogP contribution is 2.13. The van der Waals surface area contributed by atoms with Crippen molar-refractivity contribution in [2.24, 2.45) is 0 Å². The van der Waals surface area contributed by atoms with Crippen LogP contribution in [0.2, 0.25) is 0 Å². The minimum absolute atomic E-state index is 0.101. The molecule has 1 amide bonds. The van der Waals surface area contributed by atoms with Crippen LogP contribution in [-0.4, -0.2) is 27.2 Å². The molecule has 23 heavy (non-hydrogen) atoms. The molecule has 3 rings (SSSR count). The Morgan fingerprint density at radius 3 is 2.91 bits per heavy atom.